The molecule has 0 amide bonds. The van der Waals surface area contributed by atoms with Gasteiger partial charge in [-0.2, -0.15) is 0 Å². The maximum absolute atomic E-state index is 5.50. The van der Waals surface area contributed by atoms with Gasteiger partial charge in [-0.05, 0) is 54.5 Å². The van der Waals surface area contributed by atoms with Gasteiger partial charge < -0.3 is 16.4 Å². The van der Waals surface area contributed by atoms with E-state index in [-0.39, 0.29) is 5.11 Å². The number of fused-ring (bicyclic) bond motifs is 1. The molecule has 0 aliphatic heterocycles. The molecule has 2 aromatic carbocycles. The first kappa shape index (κ1) is 16.2. The molecule has 3 aromatic rings. The van der Waals surface area contributed by atoms with E-state index in [1.807, 2.05) is 18.2 Å². The minimum atomic E-state index is 0.265. The van der Waals surface area contributed by atoms with E-state index in [1.165, 1.54) is 5.56 Å². The Morgan fingerprint density at radius 2 is 2.00 bits per heavy atom. The number of nitrogens with zero attached hydrogens (tertiary/aromatic N) is 1. The van der Waals surface area contributed by atoms with E-state index < -0.39 is 0 Å². The van der Waals surface area contributed by atoms with Crippen molar-refractivity contribution in [1.82, 2.24) is 4.98 Å². The van der Waals surface area contributed by atoms with Crippen LogP contribution in [0.1, 0.15) is 5.56 Å². The van der Waals surface area contributed by atoms with E-state index in [1.54, 1.807) is 11.3 Å². The van der Waals surface area contributed by atoms with E-state index >= 15 is 0 Å². The zero-order chi connectivity index (χ0) is 16.2. The second-order valence-electron chi connectivity index (χ2n) is 4.99. The smallest absolute Gasteiger partial charge is 0.183 e. The van der Waals surface area contributed by atoms with E-state index in [4.69, 9.17) is 18.0 Å². The fourth-order valence-corrected chi connectivity index (χ4v) is 3.50. The van der Waals surface area contributed by atoms with Gasteiger partial charge in [-0.3, -0.25) is 0 Å². The van der Waals surface area contributed by atoms with Gasteiger partial charge in [0.2, 0.25) is 0 Å². The monoisotopic (exact) mass is 406 g/mol. The van der Waals surface area contributed by atoms with Gasteiger partial charge in [0.1, 0.15) is 0 Å². The lowest BCUT2D eigenvalue weighted by atomic mass is 10.1. The SMILES string of the molecule is NC(=S)Nc1ccc2nc(NCCc3ccc(Br)cc3)sc2c1. The first-order chi connectivity index (χ1) is 11.1. The molecule has 0 aliphatic carbocycles. The van der Waals surface area contributed by atoms with Crippen molar-refractivity contribution >= 4 is 65.6 Å². The topological polar surface area (TPSA) is 63.0 Å². The number of nitrogens with two attached hydrogens (primary N) is 1. The van der Waals surface area contributed by atoms with Crippen LogP contribution in [0.15, 0.2) is 46.9 Å². The summed E-state index contributed by atoms with van der Waals surface area (Å²) in [4.78, 5) is 4.59. The predicted molar refractivity (Wildman–Crippen MR) is 106 cm³/mol. The molecule has 0 spiro atoms. The Morgan fingerprint density at radius 3 is 2.74 bits per heavy atom. The summed E-state index contributed by atoms with van der Waals surface area (Å²) in [6.45, 7) is 0.847. The zero-order valence-electron chi connectivity index (χ0n) is 12.2. The highest BCUT2D eigenvalue weighted by atomic mass is 79.9. The highest BCUT2D eigenvalue weighted by molar-refractivity contribution is 9.10. The number of thiazole rings is 1. The lowest BCUT2D eigenvalue weighted by molar-refractivity contribution is 1.02. The van der Waals surface area contributed by atoms with Crippen molar-refractivity contribution in [2.75, 3.05) is 17.2 Å². The number of anilines is 2. The van der Waals surface area contributed by atoms with Crippen molar-refractivity contribution in [2.24, 2.45) is 5.73 Å². The molecule has 7 heteroatoms. The molecule has 4 nitrogen and oxygen atoms in total. The maximum atomic E-state index is 5.50. The number of hydrogen-bond donors (Lipinski definition) is 3. The van der Waals surface area contributed by atoms with Crippen molar-refractivity contribution in [2.45, 2.75) is 6.42 Å². The number of rotatable bonds is 5. The van der Waals surface area contributed by atoms with Crippen LogP contribution in [0, 0.1) is 0 Å². The van der Waals surface area contributed by atoms with Crippen molar-refractivity contribution in [3.05, 3.63) is 52.5 Å². The van der Waals surface area contributed by atoms with Gasteiger partial charge in [-0.1, -0.05) is 39.4 Å². The summed E-state index contributed by atoms with van der Waals surface area (Å²) in [5.74, 6) is 0. The summed E-state index contributed by atoms with van der Waals surface area (Å²) in [5.41, 5.74) is 8.64. The number of thiocarbonyl (C=S) groups is 1. The molecule has 118 valence electrons. The summed E-state index contributed by atoms with van der Waals surface area (Å²) in [7, 11) is 0. The zero-order valence-corrected chi connectivity index (χ0v) is 15.4. The number of aromatic nitrogens is 1. The molecule has 0 saturated heterocycles. The quantitative estimate of drug-likeness (QED) is 0.549. The van der Waals surface area contributed by atoms with E-state index in [0.29, 0.717) is 0 Å². The molecule has 1 aromatic heterocycles. The molecule has 0 saturated carbocycles. The predicted octanol–water partition coefficient (Wildman–Crippen LogP) is 4.37. The van der Waals surface area contributed by atoms with Gasteiger partial charge >= 0.3 is 0 Å². The van der Waals surface area contributed by atoms with Crippen LogP contribution in [-0.2, 0) is 6.42 Å². The van der Waals surface area contributed by atoms with Gasteiger partial charge in [0.15, 0.2) is 10.2 Å². The molecular formula is C16H15BrN4S2. The van der Waals surface area contributed by atoms with Crippen molar-refractivity contribution in [1.29, 1.82) is 0 Å². The number of benzene rings is 2. The van der Waals surface area contributed by atoms with Gasteiger partial charge in [0.25, 0.3) is 0 Å². The van der Waals surface area contributed by atoms with Crippen LogP contribution in [0.4, 0.5) is 10.8 Å². The fraction of sp³-hybridized carbons (Fsp3) is 0.125. The van der Waals surface area contributed by atoms with E-state index in [0.717, 1.165) is 38.5 Å². The Balaban J connectivity index is 1.63. The Kier molecular flexibility index (Phi) is 5.09. The third-order valence-electron chi connectivity index (χ3n) is 3.26. The highest BCUT2D eigenvalue weighted by Gasteiger charge is 2.05. The van der Waals surface area contributed by atoms with Crippen LogP contribution in [-0.4, -0.2) is 16.6 Å². The van der Waals surface area contributed by atoms with Crippen molar-refractivity contribution < 1.29 is 0 Å². The lowest BCUT2D eigenvalue weighted by Crippen LogP contribution is -2.18. The molecule has 4 N–H and O–H groups in total. The van der Waals surface area contributed by atoms with Crippen molar-refractivity contribution in [3.8, 4) is 0 Å². The highest BCUT2D eigenvalue weighted by Crippen LogP contribution is 2.28. The first-order valence-electron chi connectivity index (χ1n) is 7.05. The third kappa shape index (κ3) is 4.40. The molecule has 0 aliphatic rings. The lowest BCUT2D eigenvalue weighted by Gasteiger charge is -2.02. The Bertz CT molecular complexity index is 830. The summed E-state index contributed by atoms with van der Waals surface area (Å²) < 4.78 is 2.19. The second-order valence-corrected chi connectivity index (χ2v) is 7.38. The van der Waals surface area contributed by atoms with Crippen LogP contribution < -0.4 is 16.4 Å². The molecule has 0 unspecified atom stereocenters. The number of halogens is 1. The summed E-state index contributed by atoms with van der Waals surface area (Å²) >= 11 is 9.92. The van der Waals surface area contributed by atoms with Gasteiger partial charge in [-0.25, -0.2) is 4.98 Å². The molecule has 0 radical (unpaired) electrons. The average molecular weight is 407 g/mol. The fourth-order valence-electron chi connectivity index (χ4n) is 2.19. The first-order valence-corrected chi connectivity index (χ1v) is 9.07. The van der Waals surface area contributed by atoms with Crippen LogP contribution in [0.5, 0.6) is 0 Å². The van der Waals surface area contributed by atoms with Gasteiger partial charge in [-0.15, -0.1) is 0 Å². The van der Waals surface area contributed by atoms with Crippen LogP contribution in [0.25, 0.3) is 10.2 Å². The van der Waals surface area contributed by atoms with Gasteiger partial charge in [0.05, 0.1) is 10.2 Å². The van der Waals surface area contributed by atoms with E-state index in [9.17, 15) is 0 Å². The standard InChI is InChI=1S/C16H15BrN4S2/c17-11-3-1-10(2-4-11)7-8-19-16-21-13-6-5-12(20-15(18)22)9-14(13)23-16/h1-6,9H,7-8H2,(H,19,21)(H3,18,20,22). The number of nitrogens with one attached hydrogen (secondary N) is 2. The number of hydrogen-bond acceptors (Lipinski definition) is 4. The minimum Gasteiger partial charge on any atom is -0.376 e. The Hall–Kier alpha value is -1.70. The maximum Gasteiger partial charge on any atom is 0.183 e. The molecule has 0 bridgehead atoms. The minimum absolute atomic E-state index is 0.265. The van der Waals surface area contributed by atoms with E-state index in [2.05, 4.69) is 55.8 Å². The van der Waals surface area contributed by atoms with Gasteiger partial charge in [0, 0.05) is 16.7 Å². The summed E-state index contributed by atoms with van der Waals surface area (Å²) in [6.07, 6.45) is 0.956. The van der Waals surface area contributed by atoms with Crippen molar-refractivity contribution in [3.63, 3.8) is 0 Å². The second kappa shape index (κ2) is 7.25. The molecule has 1 heterocycles. The molecule has 23 heavy (non-hydrogen) atoms. The van der Waals surface area contributed by atoms with Crippen LogP contribution in [0.3, 0.4) is 0 Å². The Labute approximate surface area is 152 Å². The molecule has 0 fully saturated rings. The molecular weight excluding hydrogens is 392 g/mol. The van der Waals surface area contributed by atoms with Crippen LogP contribution in [0.2, 0.25) is 0 Å². The summed E-state index contributed by atoms with van der Waals surface area (Å²) in [5, 5.41) is 7.51. The average Bonchev–Trinajstić information content (AvgIpc) is 2.90. The third-order valence-corrected chi connectivity index (χ3v) is 4.87. The summed E-state index contributed by atoms with van der Waals surface area (Å²) in [6, 6.07) is 14.3. The Morgan fingerprint density at radius 1 is 1.22 bits per heavy atom. The molecule has 0 atom stereocenters. The largest absolute Gasteiger partial charge is 0.376 e. The normalized spacial score (nSPS) is 10.7. The van der Waals surface area contributed by atoms with Crippen LogP contribution >= 0.6 is 39.5 Å². The molecule has 3 rings (SSSR count).